The summed E-state index contributed by atoms with van der Waals surface area (Å²) < 4.78 is 38.4. The quantitative estimate of drug-likeness (QED) is 0.904. The van der Waals surface area contributed by atoms with E-state index in [1.54, 1.807) is 0 Å². The average molecular weight is 286 g/mol. The van der Waals surface area contributed by atoms with Crippen LogP contribution in [-0.4, -0.2) is 23.1 Å². The van der Waals surface area contributed by atoms with Crippen molar-refractivity contribution in [2.45, 2.75) is 31.9 Å². The van der Waals surface area contributed by atoms with Crippen LogP contribution in [0, 0.1) is 11.8 Å². The lowest BCUT2D eigenvalue weighted by Gasteiger charge is -2.24. The molecule has 0 unspecified atom stereocenters. The SMILES string of the molecule is Nc1nc(N(CC2CC2)CC2CC2)cc(C(F)(F)F)n1. The summed E-state index contributed by atoms with van der Waals surface area (Å²) in [6, 6.07) is 1.01. The largest absolute Gasteiger partial charge is 0.433 e. The van der Waals surface area contributed by atoms with E-state index in [9.17, 15) is 13.2 Å². The van der Waals surface area contributed by atoms with Gasteiger partial charge < -0.3 is 10.6 Å². The maximum Gasteiger partial charge on any atom is 0.433 e. The summed E-state index contributed by atoms with van der Waals surface area (Å²) in [5, 5.41) is 0. The van der Waals surface area contributed by atoms with Gasteiger partial charge in [-0.05, 0) is 37.5 Å². The molecule has 0 saturated heterocycles. The van der Waals surface area contributed by atoms with Gasteiger partial charge in [0.15, 0.2) is 5.69 Å². The zero-order valence-corrected chi connectivity index (χ0v) is 11.0. The first-order chi connectivity index (χ1) is 9.41. The molecule has 2 fully saturated rings. The van der Waals surface area contributed by atoms with E-state index in [1.807, 2.05) is 4.90 Å². The van der Waals surface area contributed by atoms with Gasteiger partial charge in [-0.15, -0.1) is 0 Å². The molecule has 0 radical (unpaired) electrons. The molecule has 1 heterocycles. The Morgan fingerprint density at radius 3 is 2.10 bits per heavy atom. The minimum atomic E-state index is -4.49. The number of nitrogens with two attached hydrogens (primary N) is 1. The van der Waals surface area contributed by atoms with Gasteiger partial charge in [0, 0.05) is 19.2 Å². The third kappa shape index (κ3) is 3.32. The van der Waals surface area contributed by atoms with Gasteiger partial charge in [0.1, 0.15) is 5.82 Å². The number of nitrogens with zero attached hydrogens (tertiary/aromatic N) is 3. The van der Waals surface area contributed by atoms with Crippen molar-refractivity contribution >= 4 is 11.8 Å². The summed E-state index contributed by atoms with van der Waals surface area (Å²) in [6.45, 7) is 1.54. The number of hydrogen-bond donors (Lipinski definition) is 1. The molecule has 20 heavy (non-hydrogen) atoms. The van der Waals surface area contributed by atoms with Gasteiger partial charge in [0.05, 0.1) is 0 Å². The second kappa shape index (κ2) is 4.79. The molecule has 1 aromatic heterocycles. The fourth-order valence-electron chi connectivity index (χ4n) is 2.25. The Balaban J connectivity index is 1.85. The smallest absolute Gasteiger partial charge is 0.368 e. The summed E-state index contributed by atoms with van der Waals surface area (Å²) in [5.74, 6) is 1.16. The second-order valence-corrected chi connectivity index (χ2v) is 5.76. The Morgan fingerprint density at radius 1 is 1.10 bits per heavy atom. The molecule has 110 valence electrons. The van der Waals surface area contributed by atoms with E-state index >= 15 is 0 Å². The highest BCUT2D eigenvalue weighted by molar-refractivity contribution is 5.44. The molecule has 1 aromatic rings. The second-order valence-electron chi connectivity index (χ2n) is 5.76. The molecule has 3 rings (SSSR count). The Hall–Kier alpha value is -1.53. The van der Waals surface area contributed by atoms with Crippen molar-refractivity contribution in [3.63, 3.8) is 0 Å². The van der Waals surface area contributed by atoms with Gasteiger partial charge in [-0.3, -0.25) is 0 Å². The fourth-order valence-corrected chi connectivity index (χ4v) is 2.25. The van der Waals surface area contributed by atoms with Crippen LogP contribution in [-0.2, 0) is 6.18 Å². The van der Waals surface area contributed by atoms with Gasteiger partial charge in [0.2, 0.25) is 5.95 Å². The number of rotatable bonds is 5. The molecular weight excluding hydrogens is 269 g/mol. The first kappa shape index (κ1) is 13.5. The molecule has 0 amide bonds. The lowest BCUT2D eigenvalue weighted by molar-refractivity contribution is -0.141. The monoisotopic (exact) mass is 286 g/mol. The summed E-state index contributed by atoms with van der Waals surface area (Å²) in [5.41, 5.74) is 4.48. The Labute approximate surface area is 115 Å². The molecule has 0 atom stereocenters. The van der Waals surface area contributed by atoms with E-state index < -0.39 is 11.9 Å². The van der Waals surface area contributed by atoms with Gasteiger partial charge >= 0.3 is 6.18 Å². The molecule has 0 aliphatic heterocycles. The number of nitrogen functional groups attached to an aromatic ring is 1. The van der Waals surface area contributed by atoms with Crippen LogP contribution < -0.4 is 10.6 Å². The summed E-state index contributed by atoms with van der Waals surface area (Å²) in [6.07, 6.45) is 0.0973. The molecule has 2 aliphatic carbocycles. The van der Waals surface area contributed by atoms with E-state index in [0.29, 0.717) is 17.7 Å². The molecular formula is C13H17F3N4. The first-order valence-electron chi connectivity index (χ1n) is 6.88. The van der Waals surface area contributed by atoms with Gasteiger partial charge in [-0.25, -0.2) is 4.98 Å². The zero-order chi connectivity index (χ0) is 14.3. The fraction of sp³-hybridized carbons (Fsp3) is 0.692. The highest BCUT2D eigenvalue weighted by atomic mass is 19.4. The predicted molar refractivity (Wildman–Crippen MR) is 69.1 cm³/mol. The molecule has 0 aromatic carbocycles. The van der Waals surface area contributed by atoms with Crippen molar-refractivity contribution in [2.75, 3.05) is 23.7 Å². The predicted octanol–water partition coefficient (Wildman–Crippen LogP) is 2.70. The van der Waals surface area contributed by atoms with Crippen LogP contribution in [0.5, 0.6) is 0 Å². The first-order valence-corrected chi connectivity index (χ1v) is 6.88. The van der Waals surface area contributed by atoms with Crippen molar-refractivity contribution in [2.24, 2.45) is 11.8 Å². The Bertz CT molecular complexity index is 481. The Kier molecular flexibility index (Phi) is 3.22. The van der Waals surface area contributed by atoms with Crippen molar-refractivity contribution in [1.29, 1.82) is 0 Å². The van der Waals surface area contributed by atoms with Gasteiger partial charge in [-0.1, -0.05) is 0 Å². The van der Waals surface area contributed by atoms with Gasteiger partial charge in [-0.2, -0.15) is 18.2 Å². The standard InChI is InChI=1S/C13H17F3N4/c14-13(15,16)10-5-11(19-12(17)18-10)20(6-8-1-2-8)7-9-3-4-9/h5,8-9H,1-4,6-7H2,(H2,17,18,19). The third-order valence-electron chi connectivity index (χ3n) is 3.70. The molecule has 7 heteroatoms. The van der Waals surface area contributed by atoms with E-state index in [-0.39, 0.29) is 5.95 Å². The van der Waals surface area contributed by atoms with Crippen LogP contribution in [0.15, 0.2) is 6.07 Å². The van der Waals surface area contributed by atoms with E-state index in [2.05, 4.69) is 9.97 Å². The Morgan fingerprint density at radius 2 is 1.65 bits per heavy atom. The summed E-state index contributed by atoms with van der Waals surface area (Å²) in [7, 11) is 0. The van der Waals surface area contributed by atoms with Gasteiger partial charge in [0.25, 0.3) is 0 Å². The number of anilines is 2. The lowest BCUT2D eigenvalue weighted by atomic mass is 10.3. The van der Waals surface area contributed by atoms with Crippen LogP contribution in [0.1, 0.15) is 31.4 Å². The maximum absolute atomic E-state index is 12.8. The van der Waals surface area contributed by atoms with E-state index in [4.69, 9.17) is 5.73 Å². The van der Waals surface area contributed by atoms with Crippen LogP contribution in [0.4, 0.5) is 24.9 Å². The minimum absolute atomic E-state index is 0.309. The van der Waals surface area contributed by atoms with Crippen LogP contribution in [0.2, 0.25) is 0 Å². The summed E-state index contributed by atoms with van der Waals surface area (Å²) in [4.78, 5) is 9.24. The van der Waals surface area contributed by atoms with Crippen LogP contribution in [0.25, 0.3) is 0 Å². The molecule has 0 bridgehead atoms. The zero-order valence-electron chi connectivity index (χ0n) is 11.0. The molecule has 4 nitrogen and oxygen atoms in total. The molecule has 2 aliphatic rings. The highest BCUT2D eigenvalue weighted by Gasteiger charge is 2.35. The van der Waals surface area contributed by atoms with E-state index in [0.717, 1.165) is 44.8 Å². The normalized spacial score (nSPS) is 19.1. The van der Waals surface area contributed by atoms with Crippen molar-refractivity contribution in [1.82, 2.24) is 9.97 Å². The van der Waals surface area contributed by atoms with Crippen LogP contribution >= 0.6 is 0 Å². The summed E-state index contributed by atoms with van der Waals surface area (Å²) >= 11 is 0. The van der Waals surface area contributed by atoms with Crippen LogP contribution in [0.3, 0.4) is 0 Å². The molecule has 0 spiro atoms. The molecule has 2 saturated carbocycles. The average Bonchev–Trinajstić information content (AvgIpc) is 3.21. The highest BCUT2D eigenvalue weighted by Crippen LogP contribution is 2.36. The van der Waals surface area contributed by atoms with Crippen molar-refractivity contribution < 1.29 is 13.2 Å². The topological polar surface area (TPSA) is 55.0 Å². The lowest BCUT2D eigenvalue weighted by Crippen LogP contribution is -2.30. The third-order valence-corrected chi connectivity index (χ3v) is 3.70. The maximum atomic E-state index is 12.8. The number of hydrogen-bond acceptors (Lipinski definition) is 4. The van der Waals surface area contributed by atoms with Crippen molar-refractivity contribution in [3.8, 4) is 0 Å². The molecule has 2 N–H and O–H groups in total. The number of halogens is 3. The van der Waals surface area contributed by atoms with Crippen molar-refractivity contribution in [3.05, 3.63) is 11.8 Å². The van der Waals surface area contributed by atoms with E-state index in [1.165, 1.54) is 0 Å². The minimum Gasteiger partial charge on any atom is -0.368 e. The number of alkyl halides is 3. The number of aromatic nitrogens is 2.